The fraction of sp³-hybridized carbons (Fsp3) is 0.231. The molecule has 0 atom stereocenters. The highest BCUT2D eigenvalue weighted by atomic mass is 16.5. The van der Waals surface area contributed by atoms with Gasteiger partial charge in [0.1, 0.15) is 6.42 Å². The third-order valence-electron chi connectivity index (χ3n) is 2.66. The fourth-order valence-electron chi connectivity index (χ4n) is 1.78. The number of nitrogens with one attached hydrogen (secondary N) is 1. The van der Waals surface area contributed by atoms with Gasteiger partial charge in [-0.15, -0.1) is 0 Å². The topological polar surface area (TPSA) is 75.1 Å². The van der Waals surface area contributed by atoms with Crippen LogP contribution in [0.1, 0.15) is 16.9 Å². The molecule has 2 rings (SSSR count). The lowest BCUT2D eigenvalue weighted by Gasteiger charge is -2.06. The molecule has 0 unspecified atom stereocenters. The second-order valence-electron chi connectivity index (χ2n) is 3.74. The highest BCUT2D eigenvalue weighted by Crippen LogP contribution is 2.32. The smallest absolute Gasteiger partial charge is 0.193 e. The van der Waals surface area contributed by atoms with Crippen molar-refractivity contribution in [1.29, 1.82) is 5.26 Å². The number of aromatic amines is 1. The lowest BCUT2D eigenvalue weighted by molar-refractivity contribution is 0.0994. The van der Waals surface area contributed by atoms with E-state index >= 15 is 0 Å². The number of fused-ring (bicyclic) bond motifs is 1. The zero-order valence-corrected chi connectivity index (χ0v) is 10.1. The summed E-state index contributed by atoms with van der Waals surface area (Å²) < 4.78 is 10.4. The number of Topliss-reactive ketones (excluding diaryl/α,β-unsaturated/α-hetero) is 1. The van der Waals surface area contributed by atoms with E-state index in [0.717, 1.165) is 10.9 Å². The molecule has 0 aliphatic carbocycles. The van der Waals surface area contributed by atoms with Gasteiger partial charge in [-0.1, -0.05) is 0 Å². The number of nitrogens with zero attached hydrogens (tertiary/aromatic N) is 1. The summed E-state index contributed by atoms with van der Waals surface area (Å²) in [6.07, 6.45) is -0.138. The minimum absolute atomic E-state index is 0.138. The van der Waals surface area contributed by atoms with Gasteiger partial charge in [0, 0.05) is 17.0 Å². The predicted octanol–water partition coefficient (Wildman–Crippen LogP) is 2.28. The van der Waals surface area contributed by atoms with Crippen LogP contribution in [0.25, 0.3) is 10.9 Å². The number of methoxy groups -OCH3 is 2. The van der Waals surface area contributed by atoms with Gasteiger partial charge in [-0.2, -0.15) is 5.26 Å². The summed E-state index contributed by atoms with van der Waals surface area (Å²) >= 11 is 0. The summed E-state index contributed by atoms with van der Waals surface area (Å²) in [7, 11) is 3.10. The first-order valence-electron chi connectivity index (χ1n) is 5.34. The maximum Gasteiger partial charge on any atom is 0.193 e. The van der Waals surface area contributed by atoms with Crippen LogP contribution in [0.3, 0.4) is 0 Å². The number of hydrogen-bond acceptors (Lipinski definition) is 4. The maximum absolute atomic E-state index is 11.6. The van der Waals surface area contributed by atoms with Crippen molar-refractivity contribution in [2.24, 2.45) is 0 Å². The van der Waals surface area contributed by atoms with Crippen molar-refractivity contribution in [3.8, 4) is 17.6 Å². The molecule has 0 amide bonds. The molecule has 1 N–H and O–H groups in total. The van der Waals surface area contributed by atoms with Crippen LogP contribution in [-0.4, -0.2) is 25.0 Å². The zero-order valence-electron chi connectivity index (χ0n) is 10.1. The molecule has 0 saturated carbocycles. The number of nitriles is 1. The minimum Gasteiger partial charge on any atom is -0.493 e. The van der Waals surface area contributed by atoms with E-state index in [2.05, 4.69) is 4.98 Å². The van der Waals surface area contributed by atoms with E-state index in [9.17, 15) is 4.79 Å². The van der Waals surface area contributed by atoms with Crippen molar-refractivity contribution in [2.75, 3.05) is 14.2 Å². The molecule has 92 valence electrons. The Hall–Kier alpha value is -2.48. The SMILES string of the molecule is COc1cc2cc(C(=O)CC#N)[nH]c2cc1OC. The molecule has 0 spiro atoms. The van der Waals surface area contributed by atoms with Gasteiger partial charge in [0.05, 0.1) is 26.0 Å². The van der Waals surface area contributed by atoms with Crippen LogP contribution in [0.4, 0.5) is 0 Å². The van der Waals surface area contributed by atoms with Crippen LogP contribution < -0.4 is 9.47 Å². The molecular formula is C13H12N2O3. The fourth-order valence-corrected chi connectivity index (χ4v) is 1.78. The summed E-state index contributed by atoms with van der Waals surface area (Å²) in [5.41, 5.74) is 1.19. The number of ether oxygens (including phenoxy) is 2. The van der Waals surface area contributed by atoms with Crippen LogP contribution in [0.2, 0.25) is 0 Å². The number of aromatic nitrogens is 1. The Labute approximate surface area is 104 Å². The standard InChI is InChI=1S/C13H12N2O3/c1-17-12-6-8-5-10(11(16)3-4-14)15-9(8)7-13(12)18-2/h5-7,15H,3H2,1-2H3. The molecule has 0 radical (unpaired) electrons. The average molecular weight is 244 g/mol. The van der Waals surface area contributed by atoms with Crippen molar-refractivity contribution in [2.45, 2.75) is 6.42 Å². The van der Waals surface area contributed by atoms with Gasteiger partial charge < -0.3 is 14.5 Å². The molecular weight excluding hydrogens is 232 g/mol. The van der Waals surface area contributed by atoms with E-state index < -0.39 is 0 Å². The summed E-state index contributed by atoms with van der Waals surface area (Å²) in [6, 6.07) is 7.09. The molecule has 1 heterocycles. The van der Waals surface area contributed by atoms with Crippen molar-refractivity contribution in [1.82, 2.24) is 4.98 Å². The molecule has 1 aromatic carbocycles. The first-order valence-corrected chi connectivity index (χ1v) is 5.34. The van der Waals surface area contributed by atoms with Crippen LogP contribution in [0.15, 0.2) is 18.2 Å². The Bertz CT molecular complexity index is 596. The first kappa shape index (κ1) is 12.0. The van der Waals surface area contributed by atoms with E-state index in [1.54, 1.807) is 32.4 Å². The summed E-state index contributed by atoms with van der Waals surface area (Å²) in [6.45, 7) is 0. The van der Waals surface area contributed by atoms with Crippen LogP contribution in [0, 0.1) is 11.3 Å². The Balaban J connectivity index is 2.52. The summed E-state index contributed by atoms with van der Waals surface area (Å²) in [5.74, 6) is 0.959. The van der Waals surface area contributed by atoms with Gasteiger partial charge in [0.25, 0.3) is 0 Å². The van der Waals surface area contributed by atoms with Gasteiger partial charge in [-0.25, -0.2) is 0 Å². The van der Waals surface area contributed by atoms with Crippen LogP contribution in [0.5, 0.6) is 11.5 Å². The van der Waals surface area contributed by atoms with E-state index in [1.807, 2.05) is 6.07 Å². The largest absolute Gasteiger partial charge is 0.493 e. The maximum atomic E-state index is 11.6. The van der Waals surface area contributed by atoms with Gasteiger partial charge in [0.15, 0.2) is 17.3 Å². The van der Waals surface area contributed by atoms with Crippen LogP contribution >= 0.6 is 0 Å². The Kier molecular flexibility index (Phi) is 3.20. The van der Waals surface area contributed by atoms with E-state index in [1.165, 1.54) is 0 Å². The van der Waals surface area contributed by atoms with Gasteiger partial charge in [-0.05, 0) is 12.1 Å². The average Bonchev–Trinajstić information content (AvgIpc) is 2.80. The third-order valence-corrected chi connectivity index (χ3v) is 2.66. The molecule has 5 heteroatoms. The molecule has 0 bridgehead atoms. The first-order chi connectivity index (χ1) is 8.69. The van der Waals surface area contributed by atoms with Gasteiger partial charge in [0.2, 0.25) is 0 Å². The van der Waals surface area contributed by atoms with Crippen LogP contribution in [-0.2, 0) is 0 Å². The second kappa shape index (κ2) is 4.80. The molecule has 2 aromatic rings. The molecule has 1 aromatic heterocycles. The van der Waals surface area contributed by atoms with Crippen molar-refractivity contribution >= 4 is 16.7 Å². The number of carbonyl (C=O) groups excluding carboxylic acids is 1. The minimum atomic E-state index is -0.230. The van der Waals surface area contributed by atoms with E-state index in [0.29, 0.717) is 17.2 Å². The van der Waals surface area contributed by atoms with Crippen molar-refractivity contribution < 1.29 is 14.3 Å². The molecule has 0 saturated heterocycles. The summed E-state index contributed by atoms with van der Waals surface area (Å²) in [5, 5.41) is 9.35. The molecule has 0 aliphatic rings. The van der Waals surface area contributed by atoms with Gasteiger partial charge >= 0.3 is 0 Å². The van der Waals surface area contributed by atoms with Crippen molar-refractivity contribution in [3.05, 3.63) is 23.9 Å². The molecule has 5 nitrogen and oxygen atoms in total. The second-order valence-corrected chi connectivity index (χ2v) is 3.74. The quantitative estimate of drug-likeness (QED) is 0.837. The summed E-state index contributed by atoms with van der Waals surface area (Å²) in [4.78, 5) is 14.6. The van der Waals surface area contributed by atoms with E-state index in [-0.39, 0.29) is 12.2 Å². The molecule has 0 aliphatic heterocycles. The monoisotopic (exact) mass is 244 g/mol. The number of benzene rings is 1. The number of H-pyrrole nitrogens is 1. The molecule has 0 fully saturated rings. The Morgan fingerprint density at radius 1 is 1.28 bits per heavy atom. The normalized spacial score (nSPS) is 10.1. The highest BCUT2D eigenvalue weighted by Gasteiger charge is 2.12. The lowest BCUT2D eigenvalue weighted by atomic mass is 10.2. The number of ketones is 1. The molecule has 18 heavy (non-hydrogen) atoms. The number of rotatable bonds is 4. The van der Waals surface area contributed by atoms with Gasteiger partial charge in [-0.3, -0.25) is 4.79 Å². The number of carbonyl (C=O) groups is 1. The Morgan fingerprint density at radius 2 is 1.94 bits per heavy atom. The zero-order chi connectivity index (χ0) is 13.1. The van der Waals surface area contributed by atoms with Crippen molar-refractivity contribution in [3.63, 3.8) is 0 Å². The number of hydrogen-bond donors (Lipinski definition) is 1. The third kappa shape index (κ3) is 2.00. The highest BCUT2D eigenvalue weighted by molar-refractivity contribution is 6.00. The predicted molar refractivity (Wildman–Crippen MR) is 66.0 cm³/mol. The van der Waals surface area contributed by atoms with E-state index in [4.69, 9.17) is 14.7 Å². The Morgan fingerprint density at radius 3 is 2.56 bits per heavy atom. The lowest BCUT2D eigenvalue weighted by Crippen LogP contribution is -1.96.